The first-order chi connectivity index (χ1) is 5.42. The molecule has 1 aliphatic rings. The third-order valence-corrected chi connectivity index (χ3v) is 2.51. The molecule has 0 bridgehead atoms. The van der Waals surface area contributed by atoms with Gasteiger partial charge in [0.25, 0.3) is 0 Å². The molecule has 12 heavy (non-hydrogen) atoms. The maximum atomic E-state index is 10.2. The summed E-state index contributed by atoms with van der Waals surface area (Å²) in [5.74, 6) is 0. The van der Waals surface area contributed by atoms with Gasteiger partial charge in [-0.2, -0.15) is 0 Å². The van der Waals surface area contributed by atoms with Crippen LogP contribution in [-0.2, 0) is 4.74 Å². The minimum atomic E-state index is -0.880. The van der Waals surface area contributed by atoms with E-state index in [4.69, 9.17) is 4.74 Å². The Morgan fingerprint density at radius 1 is 1.58 bits per heavy atom. The molecular formula is C10H16O2. The average molecular weight is 168 g/mol. The highest BCUT2D eigenvalue weighted by atomic mass is 16.5. The van der Waals surface area contributed by atoms with Gasteiger partial charge < -0.3 is 9.84 Å². The van der Waals surface area contributed by atoms with E-state index in [1.165, 1.54) is 0 Å². The van der Waals surface area contributed by atoms with E-state index in [2.05, 4.69) is 12.3 Å². The molecule has 0 aromatic rings. The van der Waals surface area contributed by atoms with Gasteiger partial charge in [0.05, 0.1) is 13.2 Å². The Morgan fingerprint density at radius 2 is 2.17 bits per heavy atom. The van der Waals surface area contributed by atoms with Gasteiger partial charge >= 0.3 is 0 Å². The molecule has 2 nitrogen and oxygen atoms in total. The predicted octanol–water partition coefficient (Wildman–Crippen LogP) is 1.51. The van der Waals surface area contributed by atoms with E-state index in [0.717, 1.165) is 5.57 Å². The Hall–Kier alpha value is -0.560. The van der Waals surface area contributed by atoms with Crippen LogP contribution >= 0.6 is 0 Å². The molecule has 1 rings (SSSR count). The van der Waals surface area contributed by atoms with Crippen LogP contribution in [0.1, 0.15) is 20.8 Å². The van der Waals surface area contributed by atoms with E-state index in [1.807, 2.05) is 20.8 Å². The van der Waals surface area contributed by atoms with Crippen molar-refractivity contribution in [3.05, 3.63) is 17.9 Å². The van der Waals surface area contributed by atoms with Gasteiger partial charge in [0.15, 0.2) is 0 Å². The summed E-state index contributed by atoms with van der Waals surface area (Å²) in [5, 5.41) is 10.2. The van der Waals surface area contributed by atoms with E-state index in [-0.39, 0.29) is 5.41 Å². The van der Waals surface area contributed by atoms with Crippen molar-refractivity contribution in [3.63, 3.8) is 0 Å². The zero-order valence-electron chi connectivity index (χ0n) is 7.98. The minimum Gasteiger partial charge on any atom is -0.382 e. The second kappa shape index (κ2) is 2.74. The maximum Gasteiger partial charge on any atom is 0.123 e. The van der Waals surface area contributed by atoms with Crippen molar-refractivity contribution in [2.24, 2.45) is 5.41 Å². The van der Waals surface area contributed by atoms with Crippen LogP contribution in [0.25, 0.3) is 0 Å². The molecule has 1 saturated heterocycles. The molecule has 0 aliphatic carbocycles. The lowest BCUT2D eigenvalue weighted by Crippen LogP contribution is -2.44. The lowest BCUT2D eigenvalue weighted by molar-refractivity contribution is -0.0400. The van der Waals surface area contributed by atoms with Gasteiger partial charge in [-0.05, 0) is 5.41 Å². The van der Waals surface area contributed by atoms with Crippen molar-refractivity contribution in [1.29, 1.82) is 0 Å². The second-order valence-corrected chi connectivity index (χ2v) is 4.26. The van der Waals surface area contributed by atoms with Gasteiger partial charge in [-0.25, -0.2) is 0 Å². The number of aliphatic hydroxyl groups is 1. The SMILES string of the molecule is C=C=C1COCC1(O)C(C)(C)C. The van der Waals surface area contributed by atoms with Crippen LogP contribution in [0.3, 0.4) is 0 Å². The first-order valence-corrected chi connectivity index (χ1v) is 4.11. The summed E-state index contributed by atoms with van der Waals surface area (Å²) in [6.07, 6.45) is 0. The number of hydrogen-bond donors (Lipinski definition) is 1. The van der Waals surface area contributed by atoms with E-state index in [1.54, 1.807) is 0 Å². The molecule has 0 spiro atoms. The Labute approximate surface area is 73.5 Å². The largest absolute Gasteiger partial charge is 0.382 e. The number of hydrogen-bond acceptors (Lipinski definition) is 2. The van der Waals surface area contributed by atoms with Crippen LogP contribution in [-0.4, -0.2) is 23.9 Å². The molecule has 1 N–H and O–H groups in total. The molecular weight excluding hydrogens is 152 g/mol. The van der Waals surface area contributed by atoms with E-state index in [9.17, 15) is 5.11 Å². The van der Waals surface area contributed by atoms with Crippen molar-refractivity contribution in [2.45, 2.75) is 26.4 Å². The zero-order valence-corrected chi connectivity index (χ0v) is 7.98. The molecule has 1 unspecified atom stereocenters. The summed E-state index contributed by atoms with van der Waals surface area (Å²) in [5.41, 5.74) is 2.43. The van der Waals surface area contributed by atoms with Crippen molar-refractivity contribution in [2.75, 3.05) is 13.2 Å². The van der Waals surface area contributed by atoms with Crippen molar-refractivity contribution < 1.29 is 9.84 Å². The molecule has 0 saturated carbocycles. The van der Waals surface area contributed by atoms with E-state index >= 15 is 0 Å². The van der Waals surface area contributed by atoms with Gasteiger partial charge in [-0.3, -0.25) is 0 Å². The molecule has 68 valence electrons. The van der Waals surface area contributed by atoms with Gasteiger partial charge in [0.1, 0.15) is 5.60 Å². The summed E-state index contributed by atoms with van der Waals surface area (Å²) in [6, 6.07) is 0. The summed E-state index contributed by atoms with van der Waals surface area (Å²) >= 11 is 0. The Bertz CT molecular complexity index is 231. The topological polar surface area (TPSA) is 29.5 Å². The van der Waals surface area contributed by atoms with Crippen LogP contribution < -0.4 is 0 Å². The first kappa shape index (κ1) is 9.53. The zero-order chi connectivity index (χ0) is 9.41. The standard InChI is InChI=1S/C10H16O2/c1-5-8-6-12-7-10(8,11)9(2,3)4/h11H,1,6-7H2,2-4H3. The number of rotatable bonds is 0. The Morgan fingerprint density at radius 3 is 2.50 bits per heavy atom. The Kier molecular flexibility index (Phi) is 2.17. The third-order valence-electron chi connectivity index (χ3n) is 2.51. The van der Waals surface area contributed by atoms with Crippen molar-refractivity contribution in [3.8, 4) is 0 Å². The maximum absolute atomic E-state index is 10.2. The molecule has 0 radical (unpaired) electrons. The first-order valence-electron chi connectivity index (χ1n) is 4.11. The molecule has 1 fully saturated rings. The Balaban J connectivity index is 3.06. The second-order valence-electron chi connectivity index (χ2n) is 4.26. The normalized spacial score (nSPS) is 30.5. The van der Waals surface area contributed by atoms with Crippen LogP contribution in [0.5, 0.6) is 0 Å². The predicted molar refractivity (Wildman–Crippen MR) is 47.9 cm³/mol. The third kappa shape index (κ3) is 1.22. The lowest BCUT2D eigenvalue weighted by atomic mass is 9.74. The average Bonchev–Trinajstić information content (AvgIpc) is 2.30. The van der Waals surface area contributed by atoms with Crippen molar-refractivity contribution in [1.82, 2.24) is 0 Å². The van der Waals surface area contributed by atoms with Gasteiger partial charge in [-0.15, -0.1) is 5.73 Å². The van der Waals surface area contributed by atoms with E-state index in [0.29, 0.717) is 13.2 Å². The minimum absolute atomic E-state index is 0.219. The molecule has 2 heteroatoms. The van der Waals surface area contributed by atoms with Gasteiger partial charge in [0.2, 0.25) is 0 Å². The summed E-state index contributed by atoms with van der Waals surface area (Å²) in [4.78, 5) is 0. The molecule has 1 aliphatic heterocycles. The fourth-order valence-electron chi connectivity index (χ4n) is 1.37. The molecule has 0 amide bonds. The van der Waals surface area contributed by atoms with Crippen molar-refractivity contribution >= 4 is 0 Å². The van der Waals surface area contributed by atoms with E-state index < -0.39 is 5.60 Å². The quantitative estimate of drug-likeness (QED) is 0.555. The fourth-order valence-corrected chi connectivity index (χ4v) is 1.37. The lowest BCUT2D eigenvalue weighted by Gasteiger charge is -2.35. The molecule has 0 aromatic carbocycles. The van der Waals surface area contributed by atoms with Crippen LogP contribution in [0.4, 0.5) is 0 Å². The smallest absolute Gasteiger partial charge is 0.123 e. The molecule has 1 atom stereocenters. The number of ether oxygens (including phenoxy) is 1. The van der Waals surface area contributed by atoms with Crippen LogP contribution in [0.15, 0.2) is 17.9 Å². The fraction of sp³-hybridized carbons (Fsp3) is 0.700. The molecule has 0 aromatic heterocycles. The monoisotopic (exact) mass is 168 g/mol. The summed E-state index contributed by atoms with van der Waals surface area (Å²) in [6.45, 7) is 10.3. The van der Waals surface area contributed by atoms with Crippen LogP contribution in [0, 0.1) is 5.41 Å². The van der Waals surface area contributed by atoms with Gasteiger partial charge in [-0.1, -0.05) is 27.4 Å². The highest BCUT2D eigenvalue weighted by Gasteiger charge is 2.47. The highest BCUT2D eigenvalue weighted by molar-refractivity contribution is 5.23. The van der Waals surface area contributed by atoms with Gasteiger partial charge in [0, 0.05) is 5.57 Å². The summed E-state index contributed by atoms with van der Waals surface area (Å²) < 4.78 is 5.20. The summed E-state index contributed by atoms with van der Waals surface area (Å²) in [7, 11) is 0. The highest BCUT2D eigenvalue weighted by Crippen LogP contribution is 2.39. The van der Waals surface area contributed by atoms with Crippen LogP contribution in [0.2, 0.25) is 0 Å². The molecule has 1 heterocycles.